The zero-order chi connectivity index (χ0) is 64.7. The fourth-order valence-electron chi connectivity index (χ4n) is 10.2. The Balaban J connectivity index is 4.01. The van der Waals surface area contributed by atoms with Crippen LogP contribution in [0.5, 0.6) is 0 Å². The molecule has 0 saturated carbocycles. The number of esters is 2. The Hall–Kier alpha value is -4.31. The lowest BCUT2D eigenvalue weighted by molar-refractivity contribution is -0.870. The van der Waals surface area contributed by atoms with E-state index in [0.717, 1.165) is 109 Å². The second kappa shape index (κ2) is 69.6. The average molecular weight is 1240 g/mol. The molecule has 0 radical (unpaired) electrons. The van der Waals surface area contributed by atoms with Crippen LogP contribution in [-0.4, -0.2) is 82.3 Å². The van der Waals surface area contributed by atoms with Crippen LogP contribution in [0, 0.1) is 0 Å². The van der Waals surface area contributed by atoms with E-state index >= 15 is 0 Å². The lowest BCUT2D eigenvalue weighted by Crippen LogP contribution is -2.44. The van der Waals surface area contributed by atoms with Crippen LogP contribution < -0.4 is 5.11 Å². The second-order valence-electron chi connectivity index (χ2n) is 25.5. The van der Waals surface area contributed by atoms with Gasteiger partial charge in [-0.1, -0.05) is 315 Å². The smallest absolute Gasteiger partial charge is 0.306 e. The summed E-state index contributed by atoms with van der Waals surface area (Å²) in [6, 6.07) is 0. The van der Waals surface area contributed by atoms with E-state index in [4.69, 9.17) is 18.9 Å². The number of ether oxygens (including phenoxy) is 4. The summed E-state index contributed by atoms with van der Waals surface area (Å²) in [5.41, 5.74) is 0. The van der Waals surface area contributed by atoms with Crippen molar-refractivity contribution in [3.05, 3.63) is 122 Å². The van der Waals surface area contributed by atoms with Gasteiger partial charge in [0.2, 0.25) is 0 Å². The molecule has 0 rings (SSSR count). The highest BCUT2D eigenvalue weighted by molar-refractivity contribution is 5.70. The Bertz CT molecular complexity index is 1880. The molecule has 0 aliphatic rings. The number of hydrogen-bond acceptors (Lipinski definition) is 8. The molecule has 0 aromatic rings. The van der Waals surface area contributed by atoms with Crippen molar-refractivity contribution in [2.75, 3.05) is 47.5 Å². The van der Waals surface area contributed by atoms with E-state index in [1.165, 1.54) is 167 Å². The van der Waals surface area contributed by atoms with Crippen LogP contribution in [0.15, 0.2) is 122 Å². The van der Waals surface area contributed by atoms with Gasteiger partial charge in [0.05, 0.1) is 40.3 Å². The first kappa shape index (κ1) is 84.7. The number of rotatable bonds is 67. The normalized spacial score (nSPS) is 13.4. The Kier molecular flexibility index (Phi) is 66.2. The first-order valence-corrected chi connectivity index (χ1v) is 36.7. The topological polar surface area (TPSA) is 111 Å². The zero-order valence-corrected chi connectivity index (χ0v) is 58.3. The quantitative estimate of drug-likeness (QED) is 0.0195. The Morgan fingerprint density at radius 2 is 0.607 bits per heavy atom. The predicted molar refractivity (Wildman–Crippen MR) is 380 cm³/mol. The number of likely N-dealkylation sites (N-methyl/N-ethyl adjacent to an activating group) is 1. The third kappa shape index (κ3) is 71.0. The first-order valence-electron chi connectivity index (χ1n) is 36.7. The molecule has 0 aliphatic carbocycles. The minimum absolute atomic E-state index is 0.138. The van der Waals surface area contributed by atoms with Crippen molar-refractivity contribution >= 4 is 17.9 Å². The van der Waals surface area contributed by atoms with Crippen molar-refractivity contribution in [2.45, 2.75) is 322 Å². The van der Waals surface area contributed by atoms with Gasteiger partial charge in [0, 0.05) is 12.8 Å². The van der Waals surface area contributed by atoms with Gasteiger partial charge in [0.1, 0.15) is 13.2 Å². The number of nitrogens with zero attached hydrogens (tertiary/aromatic N) is 1. The van der Waals surface area contributed by atoms with Crippen LogP contribution in [-0.2, 0) is 33.3 Å². The number of aliphatic carboxylic acids is 1. The maximum Gasteiger partial charge on any atom is 0.306 e. The molecule has 0 aromatic heterocycles. The van der Waals surface area contributed by atoms with Gasteiger partial charge in [0.15, 0.2) is 12.4 Å². The molecule has 0 N–H and O–H groups in total. The van der Waals surface area contributed by atoms with Gasteiger partial charge < -0.3 is 33.3 Å². The van der Waals surface area contributed by atoms with Crippen molar-refractivity contribution in [2.24, 2.45) is 0 Å². The van der Waals surface area contributed by atoms with Crippen molar-refractivity contribution in [3.8, 4) is 0 Å². The number of carbonyl (C=O) groups excluding carboxylic acids is 3. The molecule has 510 valence electrons. The van der Waals surface area contributed by atoms with Crippen LogP contribution >= 0.6 is 0 Å². The Labute approximate surface area is 548 Å². The van der Waals surface area contributed by atoms with Gasteiger partial charge in [-0.25, -0.2) is 0 Å². The summed E-state index contributed by atoms with van der Waals surface area (Å²) < 4.78 is 22.8. The molecule has 89 heavy (non-hydrogen) atoms. The van der Waals surface area contributed by atoms with E-state index in [1.54, 1.807) is 0 Å². The van der Waals surface area contributed by atoms with Crippen LogP contribution in [0.2, 0.25) is 0 Å². The number of quaternary nitrogens is 1. The maximum absolute atomic E-state index is 12.9. The average Bonchev–Trinajstić information content (AvgIpc) is 3.64. The fourth-order valence-corrected chi connectivity index (χ4v) is 10.2. The SMILES string of the molecule is CC/C=C\C/C=C\C/C=C\C/C=C\C/C=C\C/C=C\CCCCCCC(=O)OC(COC(=O)CCCCCCCCCCCCCCCCCCCCCCCCCCCCCC/C=C\C/C=C\C/C=C\C/C=C\CC)COC(OCC[N+](C)(C)C)C(=O)[O-]. The van der Waals surface area contributed by atoms with Crippen LogP contribution in [0.4, 0.5) is 0 Å². The maximum atomic E-state index is 12.9. The molecule has 2 atom stereocenters. The highest BCUT2D eigenvalue weighted by Gasteiger charge is 2.22. The molecule has 0 aliphatic heterocycles. The van der Waals surface area contributed by atoms with Crippen LogP contribution in [0.25, 0.3) is 0 Å². The molecule has 0 fully saturated rings. The van der Waals surface area contributed by atoms with Crippen LogP contribution in [0.3, 0.4) is 0 Å². The molecule has 0 heterocycles. The predicted octanol–water partition coefficient (Wildman–Crippen LogP) is 21.8. The Morgan fingerprint density at radius 3 is 0.899 bits per heavy atom. The molecule has 0 bridgehead atoms. The van der Waals surface area contributed by atoms with Crippen molar-refractivity contribution in [1.29, 1.82) is 0 Å². The number of carboxylic acid groups (broad SMARTS) is 1. The molecule has 0 aromatic carbocycles. The lowest BCUT2D eigenvalue weighted by atomic mass is 10.0. The highest BCUT2D eigenvalue weighted by atomic mass is 16.7. The largest absolute Gasteiger partial charge is 0.545 e. The number of carbonyl (C=O) groups is 3. The third-order valence-corrected chi connectivity index (χ3v) is 15.7. The number of hydrogen-bond donors (Lipinski definition) is 0. The molecule has 0 spiro atoms. The van der Waals surface area contributed by atoms with Crippen LogP contribution in [0.1, 0.15) is 309 Å². The van der Waals surface area contributed by atoms with Gasteiger partial charge in [-0.3, -0.25) is 9.59 Å². The van der Waals surface area contributed by atoms with E-state index in [0.29, 0.717) is 17.4 Å². The standard InChI is InChI=1S/C80H137NO8/c1-6-8-10-12-14-16-18-20-22-24-26-28-30-31-32-33-34-35-36-37-38-39-40-41-42-43-44-45-46-47-49-50-52-54-56-58-60-62-64-66-68-70-77(82)87-74-76(75-88-80(79(84)85)86-73-72-81(3,4)5)89-78(83)71-69-67-65-63-61-59-57-55-53-51-48-29-27-25-23-21-19-17-15-13-11-9-7-2/h8-11,14-17,20-23,26-29,51,53,57,59,76,80H,6-7,12-13,18-19,24-25,30-50,52,54-56,58,60-75H2,1-5H3/b10-8-,11-9-,16-14-,17-15-,22-20-,23-21-,28-26-,29-27-,53-51-,59-57-. The molecular weight excluding hydrogens is 1100 g/mol. The molecular formula is C80H137NO8. The summed E-state index contributed by atoms with van der Waals surface area (Å²) in [6.07, 6.45) is 96.0. The molecule has 0 saturated heterocycles. The fraction of sp³-hybridized carbons (Fsp3) is 0.713. The molecule has 0 amide bonds. The number of allylic oxidation sites excluding steroid dienone is 20. The first-order chi connectivity index (χ1) is 43.6. The van der Waals surface area contributed by atoms with E-state index in [2.05, 4.69) is 135 Å². The molecule has 9 nitrogen and oxygen atoms in total. The summed E-state index contributed by atoms with van der Waals surface area (Å²) in [5, 5.41) is 11.8. The summed E-state index contributed by atoms with van der Waals surface area (Å²) in [7, 11) is 5.92. The van der Waals surface area contributed by atoms with Crippen molar-refractivity contribution in [1.82, 2.24) is 0 Å². The highest BCUT2D eigenvalue weighted by Crippen LogP contribution is 2.18. The molecule has 9 heteroatoms. The van der Waals surface area contributed by atoms with Gasteiger partial charge in [-0.05, 0) is 103 Å². The monoisotopic (exact) mass is 1240 g/mol. The minimum Gasteiger partial charge on any atom is -0.545 e. The van der Waals surface area contributed by atoms with Crippen molar-refractivity contribution in [3.63, 3.8) is 0 Å². The minimum atomic E-state index is -1.63. The third-order valence-electron chi connectivity index (χ3n) is 15.7. The number of carboxylic acids is 1. The number of unbranched alkanes of at least 4 members (excludes halogenated alkanes) is 32. The van der Waals surface area contributed by atoms with E-state index in [-0.39, 0.29) is 38.6 Å². The molecule has 2 unspecified atom stereocenters. The van der Waals surface area contributed by atoms with E-state index in [1.807, 2.05) is 21.1 Å². The Morgan fingerprint density at radius 1 is 0.337 bits per heavy atom. The summed E-state index contributed by atoms with van der Waals surface area (Å²) in [4.78, 5) is 37.5. The van der Waals surface area contributed by atoms with Gasteiger partial charge >= 0.3 is 11.9 Å². The zero-order valence-electron chi connectivity index (χ0n) is 58.3. The van der Waals surface area contributed by atoms with Gasteiger partial charge in [0.25, 0.3) is 0 Å². The summed E-state index contributed by atoms with van der Waals surface area (Å²) in [6.45, 7) is 4.51. The van der Waals surface area contributed by atoms with E-state index in [9.17, 15) is 19.5 Å². The summed E-state index contributed by atoms with van der Waals surface area (Å²) >= 11 is 0. The van der Waals surface area contributed by atoms with Crippen molar-refractivity contribution < 1.29 is 42.9 Å². The second-order valence-corrected chi connectivity index (χ2v) is 25.5. The van der Waals surface area contributed by atoms with E-state index < -0.39 is 24.3 Å². The lowest BCUT2D eigenvalue weighted by Gasteiger charge is -2.26. The van der Waals surface area contributed by atoms with Gasteiger partial charge in [-0.15, -0.1) is 0 Å². The summed E-state index contributed by atoms with van der Waals surface area (Å²) in [5.74, 6) is -2.31. The van der Waals surface area contributed by atoms with Gasteiger partial charge in [-0.2, -0.15) is 0 Å².